The van der Waals surface area contributed by atoms with Crippen molar-refractivity contribution in [3.05, 3.63) is 29.8 Å². The first-order valence-corrected chi connectivity index (χ1v) is 7.22. The standard InChI is InChI=1S/C16H18N2O2/c17-9-12-5-7-14(8-6-12)20-15-10-18(11-15)16(19)13-3-1-2-4-13/h5-8,13,15H,1-4,10-11H2. The van der Waals surface area contributed by atoms with E-state index in [4.69, 9.17) is 10.00 Å². The lowest BCUT2D eigenvalue weighted by atomic mass is 10.0. The van der Waals surface area contributed by atoms with Crippen LogP contribution < -0.4 is 4.74 Å². The summed E-state index contributed by atoms with van der Waals surface area (Å²) in [6.45, 7) is 1.38. The molecule has 1 aromatic carbocycles. The zero-order chi connectivity index (χ0) is 13.9. The number of benzene rings is 1. The second-order valence-corrected chi connectivity index (χ2v) is 5.60. The average Bonchev–Trinajstić information content (AvgIpc) is 2.96. The lowest BCUT2D eigenvalue weighted by Crippen LogP contribution is -2.57. The fraction of sp³-hybridized carbons (Fsp3) is 0.500. The molecule has 0 N–H and O–H groups in total. The van der Waals surface area contributed by atoms with Gasteiger partial charge >= 0.3 is 0 Å². The van der Waals surface area contributed by atoms with E-state index in [1.54, 1.807) is 24.3 Å². The Hall–Kier alpha value is -2.02. The molecule has 1 aliphatic carbocycles. The number of amides is 1. The SMILES string of the molecule is N#Cc1ccc(OC2CN(C(=O)C3CCCC3)C2)cc1. The van der Waals surface area contributed by atoms with Crippen molar-refractivity contribution in [3.8, 4) is 11.8 Å². The van der Waals surface area contributed by atoms with Gasteiger partial charge in [-0.2, -0.15) is 5.26 Å². The molecule has 1 heterocycles. The van der Waals surface area contributed by atoms with Gasteiger partial charge in [-0.25, -0.2) is 0 Å². The smallest absolute Gasteiger partial charge is 0.225 e. The summed E-state index contributed by atoms with van der Waals surface area (Å²) in [7, 11) is 0. The van der Waals surface area contributed by atoms with Gasteiger partial charge in [0.2, 0.25) is 5.91 Å². The van der Waals surface area contributed by atoms with E-state index in [9.17, 15) is 4.79 Å². The maximum absolute atomic E-state index is 12.1. The van der Waals surface area contributed by atoms with Crippen LogP contribution in [-0.4, -0.2) is 30.0 Å². The molecule has 0 spiro atoms. The predicted octanol–water partition coefficient (Wildman–Crippen LogP) is 2.34. The van der Waals surface area contributed by atoms with Gasteiger partial charge in [-0.05, 0) is 37.1 Å². The first kappa shape index (κ1) is 13.0. The molecule has 4 nitrogen and oxygen atoms in total. The summed E-state index contributed by atoms with van der Waals surface area (Å²) in [4.78, 5) is 14.1. The van der Waals surface area contributed by atoms with Crippen LogP contribution in [0.2, 0.25) is 0 Å². The van der Waals surface area contributed by atoms with Gasteiger partial charge in [-0.1, -0.05) is 12.8 Å². The van der Waals surface area contributed by atoms with E-state index in [2.05, 4.69) is 6.07 Å². The molecule has 1 amide bonds. The van der Waals surface area contributed by atoms with Crippen LogP contribution in [0.4, 0.5) is 0 Å². The molecule has 0 unspecified atom stereocenters. The van der Waals surface area contributed by atoms with Gasteiger partial charge in [0.05, 0.1) is 24.7 Å². The Morgan fingerprint density at radius 3 is 2.45 bits per heavy atom. The normalized spacial score (nSPS) is 19.4. The zero-order valence-corrected chi connectivity index (χ0v) is 11.4. The van der Waals surface area contributed by atoms with E-state index < -0.39 is 0 Å². The molecule has 2 fully saturated rings. The van der Waals surface area contributed by atoms with Gasteiger partial charge in [0.15, 0.2) is 0 Å². The van der Waals surface area contributed by atoms with Crippen LogP contribution in [-0.2, 0) is 4.79 Å². The van der Waals surface area contributed by atoms with Crippen molar-refractivity contribution in [1.82, 2.24) is 4.90 Å². The Bertz CT molecular complexity index is 520. The summed E-state index contributed by atoms with van der Waals surface area (Å²) in [5.41, 5.74) is 0.629. The number of nitriles is 1. The van der Waals surface area contributed by atoms with E-state index in [1.165, 1.54) is 12.8 Å². The van der Waals surface area contributed by atoms with Gasteiger partial charge < -0.3 is 9.64 Å². The number of nitrogens with zero attached hydrogens (tertiary/aromatic N) is 2. The number of ether oxygens (including phenoxy) is 1. The third kappa shape index (κ3) is 2.62. The molecule has 0 atom stereocenters. The highest BCUT2D eigenvalue weighted by molar-refractivity contribution is 5.80. The Kier molecular flexibility index (Phi) is 3.60. The molecule has 3 rings (SSSR count). The van der Waals surface area contributed by atoms with Crippen molar-refractivity contribution in [2.45, 2.75) is 31.8 Å². The van der Waals surface area contributed by atoms with E-state index in [0.29, 0.717) is 24.6 Å². The minimum atomic E-state index is 0.0910. The Balaban J connectivity index is 1.48. The first-order chi connectivity index (χ1) is 9.76. The third-order valence-corrected chi connectivity index (χ3v) is 4.15. The lowest BCUT2D eigenvalue weighted by molar-refractivity contribution is -0.144. The molecule has 1 saturated heterocycles. The van der Waals surface area contributed by atoms with E-state index in [1.807, 2.05) is 4.90 Å². The van der Waals surface area contributed by atoms with Crippen molar-refractivity contribution in [3.63, 3.8) is 0 Å². The number of hydrogen-bond donors (Lipinski definition) is 0. The number of carbonyl (C=O) groups is 1. The summed E-state index contributed by atoms with van der Waals surface area (Å²) >= 11 is 0. The monoisotopic (exact) mass is 270 g/mol. The van der Waals surface area contributed by atoms with Gasteiger partial charge in [0, 0.05) is 5.92 Å². The molecular formula is C16H18N2O2. The Morgan fingerprint density at radius 1 is 1.20 bits per heavy atom. The molecule has 1 aromatic rings. The Labute approximate surface area is 118 Å². The summed E-state index contributed by atoms with van der Waals surface area (Å²) in [6.07, 6.45) is 4.57. The van der Waals surface area contributed by atoms with Crippen molar-refractivity contribution in [2.75, 3.05) is 13.1 Å². The van der Waals surface area contributed by atoms with Crippen molar-refractivity contribution in [1.29, 1.82) is 5.26 Å². The van der Waals surface area contributed by atoms with Gasteiger partial charge in [0.25, 0.3) is 0 Å². The lowest BCUT2D eigenvalue weighted by Gasteiger charge is -2.40. The number of carbonyl (C=O) groups excluding carboxylic acids is 1. The Morgan fingerprint density at radius 2 is 1.85 bits per heavy atom. The predicted molar refractivity (Wildman–Crippen MR) is 74.1 cm³/mol. The van der Waals surface area contributed by atoms with Crippen LogP contribution in [0.1, 0.15) is 31.2 Å². The molecule has 0 radical (unpaired) electrons. The molecule has 0 bridgehead atoms. The van der Waals surface area contributed by atoms with Crippen molar-refractivity contribution < 1.29 is 9.53 Å². The molecular weight excluding hydrogens is 252 g/mol. The fourth-order valence-electron chi connectivity index (χ4n) is 2.92. The number of hydrogen-bond acceptors (Lipinski definition) is 3. The van der Waals surface area contributed by atoms with E-state index in [-0.39, 0.29) is 12.0 Å². The largest absolute Gasteiger partial charge is 0.487 e. The molecule has 104 valence electrons. The number of likely N-dealkylation sites (tertiary alicyclic amines) is 1. The van der Waals surface area contributed by atoms with Gasteiger partial charge in [-0.3, -0.25) is 4.79 Å². The minimum absolute atomic E-state index is 0.0910. The second kappa shape index (κ2) is 5.54. The van der Waals surface area contributed by atoms with E-state index >= 15 is 0 Å². The maximum atomic E-state index is 12.1. The molecule has 20 heavy (non-hydrogen) atoms. The zero-order valence-electron chi connectivity index (χ0n) is 11.4. The van der Waals surface area contributed by atoms with Gasteiger partial charge in [0.1, 0.15) is 11.9 Å². The van der Waals surface area contributed by atoms with Crippen molar-refractivity contribution in [2.24, 2.45) is 5.92 Å². The highest BCUT2D eigenvalue weighted by Gasteiger charge is 2.36. The van der Waals surface area contributed by atoms with Crippen LogP contribution in [0.15, 0.2) is 24.3 Å². The number of rotatable bonds is 3. The second-order valence-electron chi connectivity index (χ2n) is 5.60. The third-order valence-electron chi connectivity index (χ3n) is 4.15. The molecule has 0 aromatic heterocycles. The van der Waals surface area contributed by atoms with Crippen LogP contribution >= 0.6 is 0 Å². The molecule has 4 heteroatoms. The molecule has 2 aliphatic rings. The first-order valence-electron chi connectivity index (χ1n) is 7.22. The molecule has 1 saturated carbocycles. The van der Waals surface area contributed by atoms with Crippen LogP contribution in [0.25, 0.3) is 0 Å². The average molecular weight is 270 g/mol. The highest BCUT2D eigenvalue weighted by Crippen LogP contribution is 2.29. The quantitative estimate of drug-likeness (QED) is 0.847. The topological polar surface area (TPSA) is 53.3 Å². The van der Waals surface area contributed by atoms with Gasteiger partial charge in [-0.15, -0.1) is 0 Å². The fourth-order valence-corrected chi connectivity index (χ4v) is 2.92. The van der Waals surface area contributed by atoms with E-state index in [0.717, 1.165) is 18.6 Å². The minimum Gasteiger partial charge on any atom is -0.487 e. The highest BCUT2D eigenvalue weighted by atomic mass is 16.5. The summed E-state index contributed by atoms with van der Waals surface area (Å²) in [5.74, 6) is 1.33. The summed E-state index contributed by atoms with van der Waals surface area (Å²) in [6, 6.07) is 9.18. The summed E-state index contributed by atoms with van der Waals surface area (Å²) < 4.78 is 5.79. The van der Waals surface area contributed by atoms with Crippen molar-refractivity contribution >= 4 is 5.91 Å². The van der Waals surface area contributed by atoms with Crippen LogP contribution in [0, 0.1) is 17.2 Å². The van der Waals surface area contributed by atoms with Crippen LogP contribution in [0.3, 0.4) is 0 Å². The molecule has 1 aliphatic heterocycles. The summed E-state index contributed by atoms with van der Waals surface area (Å²) in [5, 5.41) is 8.73. The van der Waals surface area contributed by atoms with Crippen LogP contribution in [0.5, 0.6) is 5.75 Å². The maximum Gasteiger partial charge on any atom is 0.225 e.